The highest BCUT2D eigenvalue weighted by Crippen LogP contribution is 2.35. The van der Waals surface area contributed by atoms with Crippen LogP contribution in [0, 0.1) is 17.0 Å². The average Bonchev–Trinajstić information content (AvgIpc) is 2.44. The van der Waals surface area contributed by atoms with Crippen molar-refractivity contribution in [1.82, 2.24) is 4.90 Å². The lowest BCUT2D eigenvalue weighted by Gasteiger charge is -2.40. The Morgan fingerprint density at radius 2 is 2.05 bits per heavy atom. The zero-order chi connectivity index (χ0) is 15.5. The second kappa shape index (κ2) is 6.52. The van der Waals surface area contributed by atoms with Crippen LogP contribution in [0.2, 0.25) is 0 Å². The molecule has 0 aromatic heterocycles. The lowest BCUT2D eigenvalue weighted by Crippen LogP contribution is -2.47. The van der Waals surface area contributed by atoms with Crippen LogP contribution in [0.3, 0.4) is 0 Å². The van der Waals surface area contributed by atoms with Crippen molar-refractivity contribution in [3.05, 3.63) is 35.4 Å². The fourth-order valence-electron chi connectivity index (χ4n) is 3.23. The monoisotopic (exact) mass is 297 g/mol. The first-order valence-electron chi connectivity index (χ1n) is 7.37. The van der Waals surface area contributed by atoms with Crippen LogP contribution in [0.15, 0.2) is 18.2 Å². The number of benzene rings is 1. The Hall–Kier alpha value is -1.49. The summed E-state index contributed by atoms with van der Waals surface area (Å²) < 4.78 is 27.4. The van der Waals surface area contributed by atoms with Gasteiger partial charge < -0.3 is 5.11 Å². The highest BCUT2D eigenvalue weighted by atomic mass is 19.1. The van der Waals surface area contributed by atoms with Crippen LogP contribution < -0.4 is 0 Å². The van der Waals surface area contributed by atoms with Crippen LogP contribution in [0.4, 0.5) is 8.78 Å². The minimum absolute atomic E-state index is 0.0233. The lowest BCUT2D eigenvalue weighted by atomic mass is 9.76. The van der Waals surface area contributed by atoms with E-state index in [-0.39, 0.29) is 12.1 Å². The maximum atomic E-state index is 13.7. The quantitative estimate of drug-likeness (QED) is 0.905. The summed E-state index contributed by atoms with van der Waals surface area (Å²) in [6.45, 7) is 3.11. The van der Waals surface area contributed by atoms with E-state index in [4.69, 9.17) is 0 Å². The third kappa shape index (κ3) is 3.40. The second-order valence-electron chi connectivity index (χ2n) is 5.85. The maximum Gasteiger partial charge on any atom is 0.310 e. The van der Waals surface area contributed by atoms with Gasteiger partial charge in [0.15, 0.2) is 0 Å². The van der Waals surface area contributed by atoms with Crippen molar-refractivity contribution in [2.75, 3.05) is 13.1 Å². The summed E-state index contributed by atoms with van der Waals surface area (Å²) in [5.74, 6) is -1.95. The van der Waals surface area contributed by atoms with E-state index in [1.165, 1.54) is 18.2 Å². The molecule has 1 saturated heterocycles. The van der Waals surface area contributed by atoms with Crippen LogP contribution in [-0.2, 0) is 11.3 Å². The normalized spacial score (nSPS) is 23.2. The molecule has 1 unspecified atom stereocenters. The molecule has 0 radical (unpaired) electrons. The first-order chi connectivity index (χ1) is 9.98. The summed E-state index contributed by atoms with van der Waals surface area (Å²) in [7, 11) is 0. The van der Waals surface area contributed by atoms with Crippen molar-refractivity contribution in [3.63, 3.8) is 0 Å². The Balaban J connectivity index is 2.16. The van der Waals surface area contributed by atoms with E-state index in [1.54, 1.807) is 0 Å². The summed E-state index contributed by atoms with van der Waals surface area (Å²) in [4.78, 5) is 13.5. The van der Waals surface area contributed by atoms with Gasteiger partial charge in [-0.1, -0.05) is 19.4 Å². The molecule has 1 aliphatic heterocycles. The molecule has 116 valence electrons. The second-order valence-corrected chi connectivity index (χ2v) is 5.85. The van der Waals surface area contributed by atoms with Gasteiger partial charge in [-0.05, 0) is 37.9 Å². The van der Waals surface area contributed by atoms with Gasteiger partial charge >= 0.3 is 5.97 Å². The van der Waals surface area contributed by atoms with E-state index in [0.717, 1.165) is 12.8 Å². The Morgan fingerprint density at radius 1 is 1.38 bits per heavy atom. The lowest BCUT2D eigenvalue weighted by molar-refractivity contribution is -0.153. The van der Waals surface area contributed by atoms with E-state index in [1.807, 2.05) is 11.8 Å². The molecule has 21 heavy (non-hydrogen) atoms. The first kappa shape index (κ1) is 15.9. The highest BCUT2D eigenvalue weighted by molar-refractivity contribution is 5.75. The van der Waals surface area contributed by atoms with Crippen molar-refractivity contribution in [2.24, 2.45) is 5.41 Å². The van der Waals surface area contributed by atoms with E-state index >= 15 is 0 Å². The standard InChI is InChI=1S/C16H21F2NO2/c1-2-7-16(15(20)21)8-4-9-19(11-16)10-12-13(17)5-3-6-14(12)18/h3,5-6H,2,4,7-11H2,1H3,(H,20,21). The Morgan fingerprint density at radius 3 is 2.62 bits per heavy atom. The predicted molar refractivity (Wildman–Crippen MR) is 75.8 cm³/mol. The number of aliphatic carboxylic acids is 1. The van der Waals surface area contributed by atoms with E-state index in [2.05, 4.69) is 0 Å². The maximum absolute atomic E-state index is 13.7. The molecule has 0 saturated carbocycles. The van der Waals surface area contributed by atoms with Crippen molar-refractivity contribution < 1.29 is 18.7 Å². The molecule has 1 atom stereocenters. The zero-order valence-electron chi connectivity index (χ0n) is 12.2. The molecule has 1 heterocycles. The Labute approximate surface area is 123 Å². The van der Waals surface area contributed by atoms with Crippen LogP contribution in [0.1, 0.15) is 38.2 Å². The third-order valence-corrected chi connectivity index (χ3v) is 4.28. The van der Waals surface area contributed by atoms with Crippen LogP contribution >= 0.6 is 0 Å². The number of nitrogens with zero attached hydrogens (tertiary/aromatic N) is 1. The topological polar surface area (TPSA) is 40.5 Å². The molecule has 0 spiro atoms. The number of hydrogen-bond donors (Lipinski definition) is 1. The molecule has 5 heteroatoms. The van der Waals surface area contributed by atoms with Gasteiger partial charge in [0.2, 0.25) is 0 Å². The number of rotatable bonds is 5. The molecule has 1 N–H and O–H groups in total. The number of carbonyl (C=O) groups is 1. The molecule has 0 bridgehead atoms. The van der Waals surface area contributed by atoms with Crippen molar-refractivity contribution in [2.45, 2.75) is 39.2 Å². The molecule has 3 nitrogen and oxygen atoms in total. The van der Waals surface area contributed by atoms with Crippen molar-refractivity contribution in [3.8, 4) is 0 Å². The summed E-state index contributed by atoms with van der Waals surface area (Å²) in [6.07, 6.45) is 2.75. The molecule has 2 rings (SSSR count). The van der Waals surface area contributed by atoms with Gasteiger partial charge in [-0.25, -0.2) is 8.78 Å². The third-order valence-electron chi connectivity index (χ3n) is 4.28. The van der Waals surface area contributed by atoms with Gasteiger partial charge in [-0.2, -0.15) is 0 Å². The largest absolute Gasteiger partial charge is 0.481 e. The van der Waals surface area contributed by atoms with E-state index < -0.39 is 23.0 Å². The average molecular weight is 297 g/mol. The van der Waals surface area contributed by atoms with Gasteiger partial charge in [0.1, 0.15) is 11.6 Å². The van der Waals surface area contributed by atoms with E-state index in [0.29, 0.717) is 25.9 Å². The van der Waals surface area contributed by atoms with Gasteiger partial charge in [0, 0.05) is 18.7 Å². The summed E-state index contributed by atoms with van der Waals surface area (Å²) >= 11 is 0. The fourth-order valence-corrected chi connectivity index (χ4v) is 3.23. The smallest absolute Gasteiger partial charge is 0.310 e. The fraction of sp³-hybridized carbons (Fsp3) is 0.562. The molecular weight excluding hydrogens is 276 g/mol. The van der Waals surface area contributed by atoms with E-state index in [9.17, 15) is 18.7 Å². The SMILES string of the molecule is CCCC1(C(=O)O)CCCN(Cc2c(F)cccc2F)C1. The molecule has 0 amide bonds. The van der Waals surface area contributed by atoms with Crippen molar-refractivity contribution >= 4 is 5.97 Å². The van der Waals surface area contributed by atoms with Gasteiger partial charge in [0.25, 0.3) is 0 Å². The first-order valence-corrected chi connectivity index (χ1v) is 7.37. The number of piperidine rings is 1. The van der Waals surface area contributed by atoms with Gasteiger partial charge in [-0.15, -0.1) is 0 Å². The summed E-state index contributed by atoms with van der Waals surface area (Å²) in [5.41, 5.74) is -0.760. The number of halogens is 2. The zero-order valence-corrected chi connectivity index (χ0v) is 12.2. The van der Waals surface area contributed by atoms with Gasteiger partial charge in [0.05, 0.1) is 5.41 Å². The van der Waals surface area contributed by atoms with Crippen LogP contribution in [-0.4, -0.2) is 29.1 Å². The van der Waals surface area contributed by atoms with Gasteiger partial charge in [-0.3, -0.25) is 9.69 Å². The van der Waals surface area contributed by atoms with Crippen molar-refractivity contribution in [1.29, 1.82) is 0 Å². The van der Waals surface area contributed by atoms with Crippen LogP contribution in [0.5, 0.6) is 0 Å². The minimum atomic E-state index is -0.803. The molecule has 0 aliphatic carbocycles. The minimum Gasteiger partial charge on any atom is -0.481 e. The Kier molecular flexibility index (Phi) is 4.93. The molecule has 1 aromatic rings. The molecule has 1 aromatic carbocycles. The summed E-state index contributed by atoms with van der Waals surface area (Å²) in [6, 6.07) is 3.81. The number of carboxylic acid groups (broad SMARTS) is 1. The van der Waals surface area contributed by atoms with Crippen LogP contribution in [0.25, 0.3) is 0 Å². The predicted octanol–water partition coefficient (Wildman–Crippen LogP) is 3.43. The number of carboxylic acids is 1. The number of likely N-dealkylation sites (tertiary alicyclic amines) is 1. The number of hydrogen-bond acceptors (Lipinski definition) is 2. The highest BCUT2D eigenvalue weighted by Gasteiger charge is 2.41. The molecular formula is C16H21F2NO2. The summed E-state index contributed by atoms with van der Waals surface area (Å²) in [5, 5.41) is 9.54. The Bertz CT molecular complexity index is 497. The molecule has 1 aliphatic rings. The molecule has 1 fully saturated rings.